The predicted octanol–water partition coefficient (Wildman–Crippen LogP) is 0.965. The maximum atomic E-state index is 12.4. The van der Waals surface area contributed by atoms with Gasteiger partial charge in [0.1, 0.15) is 11.9 Å². The summed E-state index contributed by atoms with van der Waals surface area (Å²) in [5.41, 5.74) is 4.34. The van der Waals surface area contributed by atoms with E-state index in [-0.39, 0.29) is 16.9 Å². The molecule has 0 atom stereocenters. The van der Waals surface area contributed by atoms with E-state index in [0.717, 1.165) is 6.20 Å². The maximum Gasteiger partial charge on any atom is 0.268 e. The first kappa shape index (κ1) is 10.3. The SMILES string of the molecule is N#Cc1c(CO)cnc(N)c1C(F)F. The number of alkyl halides is 2. The minimum Gasteiger partial charge on any atom is -0.392 e. The Hall–Kier alpha value is -1.74. The highest BCUT2D eigenvalue weighted by Crippen LogP contribution is 2.28. The van der Waals surface area contributed by atoms with E-state index in [4.69, 9.17) is 16.1 Å². The van der Waals surface area contributed by atoms with Crippen LogP contribution in [0.15, 0.2) is 6.20 Å². The molecule has 74 valence electrons. The monoisotopic (exact) mass is 199 g/mol. The molecule has 1 aromatic heterocycles. The Bertz CT molecular complexity index is 387. The number of nitriles is 1. The molecule has 0 aliphatic rings. The van der Waals surface area contributed by atoms with Crippen LogP contribution < -0.4 is 5.73 Å². The van der Waals surface area contributed by atoms with Gasteiger partial charge < -0.3 is 10.8 Å². The van der Waals surface area contributed by atoms with E-state index in [9.17, 15) is 8.78 Å². The molecule has 0 amide bonds. The number of nitrogens with zero attached hydrogens (tertiary/aromatic N) is 2. The van der Waals surface area contributed by atoms with Crippen molar-refractivity contribution in [1.29, 1.82) is 5.26 Å². The minimum absolute atomic E-state index is 0.0528. The minimum atomic E-state index is -2.87. The van der Waals surface area contributed by atoms with E-state index in [1.165, 1.54) is 0 Å². The van der Waals surface area contributed by atoms with Crippen molar-refractivity contribution in [3.05, 3.63) is 22.9 Å². The molecule has 1 aromatic rings. The molecule has 1 rings (SSSR count). The number of aliphatic hydroxyl groups excluding tert-OH is 1. The molecule has 14 heavy (non-hydrogen) atoms. The predicted molar refractivity (Wildman–Crippen MR) is 44.2 cm³/mol. The van der Waals surface area contributed by atoms with Crippen LogP contribution in [0.5, 0.6) is 0 Å². The largest absolute Gasteiger partial charge is 0.392 e. The quantitative estimate of drug-likeness (QED) is 0.743. The number of hydrogen-bond acceptors (Lipinski definition) is 4. The van der Waals surface area contributed by atoms with Gasteiger partial charge in [-0.25, -0.2) is 13.8 Å². The van der Waals surface area contributed by atoms with E-state index in [1.807, 2.05) is 0 Å². The van der Waals surface area contributed by atoms with Crippen molar-refractivity contribution in [3.8, 4) is 6.07 Å². The fourth-order valence-electron chi connectivity index (χ4n) is 1.06. The smallest absolute Gasteiger partial charge is 0.268 e. The number of halogens is 2. The zero-order chi connectivity index (χ0) is 10.7. The van der Waals surface area contributed by atoms with Gasteiger partial charge in [-0.1, -0.05) is 0 Å². The van der Waals surface area contributed by atoms with Gasteiger partial charge in [0.2, 0.25) is 0 Å². The Morgan fingerprint density at radius 2 is 2.29 bits per heavy atom. The average Bonchev–Trinajstić information content (AvgIpc) is 2.16. The summed E-state index contributed by atoms with van der Waals surface area (Å²) in [6.45, 7) is -0.518. The lowest BCUT2D eigenvalue weighted by molar-refractivity contribution is 0.151. The molecule has 4 nitrogen and oxygen atoms in total. The molecule has 0 fully saturated rings. The van der Waals surface area contributed by atoms with Crippen LogP contribution in [0.2, 0.25) is 0 Å². The van der Waals surface area contributed by atoms with Crippen LogP contribution in [0.25, 0.3) is 0 Å². The second-order valence-electron chi connectivity index (χ2n) is 2.53. The molecule has 0 bridgehead atoms. The molecule has 0 aliphatic carbocycles. The zero-order valence-electron chi connectivity index (χ0n) is 7.04. The van der Waals surface area contributed by atoms with Crippen LogP contribution in [-0.2, 0) is 6.61 Å². The van der Waals surface area contributed by atoms with Crippen LogP contribution >= 0.6 is 0 Å². The fraction of sp³-hybridized carbons (Fsp3) is 0.250. The summed E-state index contributed by atoms with van der Waals surface area (Å²) in [5, 5.41) is 17.4. The molecule has 1 heterocycles. The van der Waals surface area contributed by atoms with Crippen molar-refractivity contribution in [3.63, 3.8) is 0 Å². The first-order valence-electron chi connectivity index (χ1n) is 3.68. The van der Waals surface area contributed by atoms with Crippen molar-refractivity contribution < 1.29 is 13.9 Å². The number of aromatic nitrogens is 1. The van der Waals surface area contributed by atoms with Gasteiger partial charge in [-0.3, -0.25) is 0 Å². The van der Waals surface area contributed by atoms with Gasteiger partial charge in [-0.15, -0.1) is 0 Å². The lowest BCUT2D eigenvalue weighted by atomic mass is 10.1. The molecule has 3 N–H and O–H groups in total. The highest BCUT2D eigenvalue weighted by Gasteiger charge is 2.20. The summed E-state index contributed by atoms with van der Waals surface area (Å²) in [7, 11) is 0. The molecule has 0 saturated carbocycles. The van der Waals surface area contributed by atoms with Gasteiger partial charge in [-0.2, -0.15) is 5.26 Å². The molecule has 0 radical (unpaired) electrons. The lowest BCUT2D eigenvalue weighted by Crippen LogP contribution is -2.05. The summed E-state index contributed by atoms with van der Waals surface area (Å²) >= 11 is 0. The third-order valence-corrected chi connectivity index (χ3v) is 1.73. The Balaban J connectivity index is 3.45. The zero-order valence-corrected chi connectivity index (χ0v) is 7.04. The van der Waals surface area contributed by atoms with E-state index in [0.29, 0.717) is 0 Å². The fourth-order valence-corrected chi connectivity index (χ4v) is 1.06. The number of rotatable bonds is 2. The van der Waals surface area contributed by atoms with Gasteiger partial charge in [0.05, 0.1) is 17.7 Å². The van der Waals surface area contributed by atoms with Crippen LogP contribution in [0, 0.1) is 11.3 Å². The molecule has 0 spiro atoms. The Labute approximate surface area is 78.6 Å². The van der Waals surface area contributed by atoms with Crippen LogP contribution in [0.4, 0.5) is 14.6 Å². The second kappa shape index (κ2) is 3.98. The first-order valence-corrected chi connectivity index (χ1v) is 3.68. The van der Waals surface area contributed by atoms with Crippen molar-refractivity contribution in [2.75, 3.05) is 5.73 Å². The first-order chi connectivity index (χ1) is 6.61. The highest BCUT2D eigenvalue weighted by atomic mass is 19.3. The summed E-state index contributed by atoms with van der Waals surface area (Å²) < 4.78 is 24.9. The highest BCUT2D eigenvalue weighted by molar-refractivity contribution is 5.54. The average molecular weight is 199 g/mol. The number of anilines is 1. The van der Waals surface area contributed by atoms with E-state index < -0.39 is 18.6 Å². The van der Waals surface area contributed by atoms with E-state index >= 15 is 0 Å². The van der Waals surface area contributed by atoms with E-state index in [2.05, 4.69) is 4.98 Å². The molecule has 6 heteroatoms. The third-order valence-electron chi connectivity index (χ3n) is 1.73. The van der Waals surface area contributed by atoms with Gasteiger partial charge in [0.25, 0.3) is 6.43 Å². The Morgan fingerprint density at radius 3 is 2.71 bits per heavy atom. The molecule has 0 aromatic carbocycles. The molecule has 0 aliphatic heterocycles. The van der Waals surface area contributed by atoms with Gasteiger partial charge in [0.15, 0.2) is 0 Å². The third kappa shape index (κ3) is 1.63. The second-order valence-corrected chi connectivity index (χ2v) is 2.53. The number of aliphatic hydroxyl groups is 1. The molecule has 0 saturated heterocycles. The Kier molecular flexibility index (Phi) is 2.94. The summed E-state index contributed by atoms with van der Waals surface area (Å²) in [6, 6.07) is 1.58. The maximum absolute atomic E-state index is 12.4. The topological polar surface area (TPSA) is 82.9 Å². The molecular formula is C8H7F2N3O. The standard InChI is InChI=1S/C8H7F2N3O/c9-7(10)6-5(1-11)4(3-14)2-13-8(6)12/h2,7,14H,3H2,(H2,12,13). The number of nitrogen functional groups attached to an aromatic ring is 1. The number of nitrogens with two attached hydrogens (primary N) is 1. The Morgan fingerprint density at radius 1 is 1.64 bits per heavy atom. The number of hydrogen-bond donors (Lipinski definition) is 2. The molecule has 0 unspecified atom stereocenters. The van der Waals surface area contributed by atoms with Crippen molar-refractivity contribution in [2.45, 2.75) is 13.0 Å². The van der Waals surface area contributed by atoms with E-state index in [1.54, 1.807) is 6.07 Å². The van der Waals surface area contributed by atoms with Crippen molar-refractivity contribution >= 4 is 5.82 Å². The summed E-state index contributed by atoms with van der Waals surface area (Å²) in [5.74, 6) is -0.381. The van der Waals surface area contributed by atoms with Crippen LogP contribution in [0.1, 0.15) is 23.1 Å². The van der Waals surface area contributed by atoms with Crippen molar-refractivity contribution in [1.82, 2.24) is 4.98 Å². The summed E-state index contributed by atoms with van der Waals surface area (Å²) in [4.78, 5) is 3.47. The lowest BCUT2D eigenvalue weighted by Gasteiger charge is -2.08. The van der Waals surface area contributed by atoms with Crippen LogP contribution in [0.3, 0.4) is 0 Å². The van der Waals surface area contributed by atoms with Crippen molar-refractivity contribution in [2.24, 2.45) is 0 Å². The van der Waals surface area contributed by atoms with Gasteiger partial charge >= 0.3 is 0 Å². The normalized spacial score (nSPS) is 10.2. The summed E-state index contributed by atoms with van der Waals surface area (Å²) in [6.07, 6.45) is -1.76. The van der Waals surface area contributed by atoms with Gasteiger partial charge in [0, 0.05) is 11.8 Å². The molecular weight excluding hydrogens is 192 g/mol. The van der Waals surface area contributed by atoms with Crippen LogP contribution in [-0.4, -0.2) is 10.1 Å². The number of pyridine rings is 1. The van der Waals surface area contributed by atoms with Gasteiger partial charge in [-0.05, 0) is 0 Å².